The van der Waals surface area contributed by atoms with Gasteiger partial charge >= 0.3 is 0 Å². The predicted octanol–water partition coefficient (Wildman–Crippen LogP) is 4.83. The van der Waals surface area contributed by atoms with Gasteiger partial charge in [0.2, 0.25) is 0 Å². The highest BCUT2D eigenvalue weighted by atomic mass is 16.3. The van der Waals surface area contributed by atoms with E-state index in [1.54, 1.807) is 36.8 Å². The summed E-state index contributed by atoms with van der Waals surface area (Å²) in [4.78, 5) is 28.1. The first-order valence-corrected chi connectivity index (χ1v) is 9.61. The van der Waals surface area contributed by atoms with Gasteiger partial charge in [-0.25, -0.2) is 4.98 Å². The molecule has 1 amide bonds. The number of ketones is 1. The second-order valence-electron chi connectivity index (χ2n) is 7.05. The second-order valence-corrected chi connectivity index (χ2v) is 7.05. The van der Waals surface area contributed by atoms with E-state index in [-0.39, 0.29) is 23.5 Å². The van der Waals surface area contributed by atoms with Gasteiger partial charge in [-0.1, -0.05) is 36.4 Å². The molecule has 0 aliphatic heterocycles. The molecule has 1 atom stereocenters. The number of rotatable bonds is 6. The lowest BCUT2D eigenvalue weighted by Crippen LogP contribution is -2.26. The van der Waals surface area contributed by atoms with Crippen LogP contribution in [0.3, 0.4) is 0 Å². The average molecular weight is 399 g/mol. The Balaban J connectivity index is 1.43. The SMILES string of the molecule is CC(=O)c1ccc(-c2ccc(C(=O)N[C@H](C)c3ccc(-n4ccnc4)cc3)o2)cc1. The standard InChI is InChI=1S/C24H21N3O3/c1-16(18-7-9-21(10-8-18)27-14-13-25-15-27)26-24(29)23-12-11-22(30-23)20-5-3-19(4-6-20)17(2)28/h3-16H,1-2H3,(H,26,29)/t16-/m1/s1. The monoisotopic (exact) mass is 399 g/mol. The number of aromatic nitrogens is 2. The van der Waals surface area contributed by atoms with E-state index >= 15 is 0 Å². The maximum atomic E-state index is 12.6. The predicted molar refractivity (Wildman–Crippen MR) is 114 cm³/mol. The molecule has 0 saturated heterocycles. The third-order valence-corrected chi connectivity index (χ3v) is 4.95. The highest BCUT2D eigenvalue weighted by Crippen LogP contribution is 2.23. The molecule has 0 bridgehead atoms. The number of hydrogen-bond donors (Lipinski definition) is 1. The van der Waals surface area contributed by atoms with Crippen molar-refractivity contribution in [2.24, 2.45) is 0 Å². The third kappa shape index (κ3) is 4.07. The lowest BCUT2D eigenvalue weighted by Gasteiger charge is -2.14. The summed E-state index contributed by atoms with van der Waals surface area (Å²) in [5, 5.41) is 2.96. The van der Waals surface area contributed by atoms with Crippen LogP contribution in [0.5, 0.6) is 0 Å². The Labute approximate surface area is 174 Å². The van der Waals surface area contributed by atoms with Crippen molar-refractivity contribution in [3.05, 3.63) is 96.3 Å². The first kappa shape index (κ1) is 19.4. The topological polar surface area (TPSA) is 77.1 Å². The summed E-state index contributed by atoms with van der Waals surface area (Å²) in [5.74, 6) is 0.538. The van der Waals surface area contributed by atoms with Crippen LogP contribution in [0.15, 0.2) is 83.8 Å². The molecule has 0 aliphatic carbocycles. The Morgan fingerprint density at radius 2 is 1.73 bits per heavy atom. The molecule has 30 heavy (non-hydrogen) atoms. The summed E-state index contributed by atoms with van der Waals surface area (Å²) in [6.07, 6.45) is 5.34. The summed E-state index contributed by atoms with van der Waals surface area (Å²) in [6.45, 7) is 3.45. The van der Waals surface area contributed by atoms with Crippen molar-refractivity contribution in [1.82, 2.24) is 14.9 Å². The van der Waals surface area contributed by atoms with Crippen LogP contribution in [-0.2, 0) is 0 Å². The van der Waals surface area contributed by atoms with Gasteiger partial charge in [0.05, 0.1) is 12.4 Å². The van der Waals surface area contributed by atoms with Crippen LogP contribution in [0.2, 0.25) is 0 Å². The number of furan rings is 1. The summed E-state index contributed by atoms with van der Waals surface area (Å²) in [7, 11) is 0. The van der Waals surface area contributed by atoms with Gasteiger partial charge in [0.25, 0.3) is 5.91 Å². The summed E-state index contributed by atoms with van der Waals surface area (Å²) in [5.41, 5.74) is 3.43. The zero-order chi connectivity index (χ0) is 21.1. The molecule has 0 radical (unpaired) electrons. The molecule has 4 rings (SSSR count). The highest BCUT2D eigenvalue weighted by molar-refractivity contribution is 5.94. The molecular formula is C24H21N3O3. The molecular weight excluding hydrogens is 378 g/mol. The van der Waals surface area contributed by atoms with Gasteiger partial charge < -0.3 is 14.3 Å². The summed E-state index contributed by atoms with van der Waals surface area (Å²) in [6, 6.07) is 18.2. The van der Waals surface area contributed by atoms with E-state index in [2.05, 4.69) is 10.3 Å². The van der Waals surface area contributed by atoms with Crippen molar-refractivity contribution in [2.75, 3.05) is 0 Å². The number of imidazole rings is 1. The van der Waals surface area contributed by atoms with Crippen LogP contribution in [-0.4, -0.2) is 21.2 Å². The van der Waals surface area contributed by atoms with Crippen molar-refractivity contribution in [3.8, 4) is 17.0 Å². The van der Waals surface area contributed by atoms with E-state index in [9.17, 15) is 9.59 Å². The van der Waals surface area contributed by atoms with E-state index in [0.717, 1.165) is 16.8 Å². The Bertz CT molecular complexity index is 1160. The van der Waals surface area contributed by atoms with Gasteiger partial charge in [0.15, 0.2) is 11.5 Å². The van der Waals surface area contributed by atoms with Crippen molar-refractivity contribution in [2.45, 2.75) is 19.9 Å². The Morgan fingerprint density at radius 1 is 1.00 bits per heavy atom. The summed E-state index contributed by atoms with van der Waals surface area (Å²) >= 11 is 0. The lowest BCUT2D eigenvalue weighted by molar-refractivity contribution is 0.0912. The average Bonchev–Trinajstić information content (AvgIpc) is 3.46. The normalized spacial score (nSPS) is 11.8. The van der Waals surface area contributed by atoms with E-state index in [0.29, 0.717) is 11.3 Å². The number of benzene rings is 2. The number of nitrogens with one attached hydrogen (secondary N) is 1. The zero-order valence-electron chi connectivity index (χ0n) is 16.7. The number of hydrogen-bond acceptors (Lipinski definition) is 4. The molecule has 0 aliphatic rings. The van der Waals surface area contributed by atoms with Crippen LogP contribution in [0.1, 0.15) is 46.4 Å². The van der Waals surface area contributed by atoms with Crippen molar-refractivity contribution >= 4 is 11.7 Å². The quantitative estimate of drug-likeness (QED) is 0.471. The number of amides is 1. The molecule has 150 valence electrons. The van der Waals surface area contributed by atoms with E-state index in [1.807, 2.05) is 54.1 Å². The Kier molecular flexibility index (Phi) is 5.30. The largest absolute Gasteiger partial charge is 0.451 e. The fourth-order valence-corrected chi connectivity index (χ4v) is 3.18. The zero-order valence-corrected chi connectivity index (χ0v) is 16.7. The molecule has 0 unspecified atom stereocenters. The van der Waals surface area contributed by atoms with Gasteiger partial charge in [-0.2, -0.15) is 0 Å². The van der Waals surface area contributed by atoms with Gasteiger partial charge in [0, 0.05) is 29.2 Å². The van der Waals surface area contributed by atoms with Crippen LogP contribution in [0.4, 0.5) is 0 Å². The number of nitrogens with zero attached hydrogens (tertiary/aromatic N) is 2. The lowest BCUT2D eigenvalue weighted by atomic mass is 10.1. The van der Waals surface area contributed by atoms with Crippen molar-refractivity contribution < 1.29 is 14.0 Å². The third-order valence-electron chi connectivity index (χ3n) is 4.95. The number of carbonyl (C=O) groups is 2. The smallest absolute Gasteiger partial charge is 0.287 e. The van der Waals surface area contributed by atoms with Crippen LogP contribution in [0, 0.1) is 0 Å². The highest BCUT2D eigenvalue weighted by Gasteiger charge is 2.16. The van der Waals surface area contributed by atoms with Crippen LogP contribution < -0.4 is 5.32 Å². The van der Waals surface area contributed by atoms with E-state index < -0.39 is 0 Å². The van der Waals surface area contributed by atoms with E-state index in [4.69, 9.17) is 4.42 Å². The maximum absolute atomic E-state index is 12.6. The van der Waals surface area contributed by atoms with E-state index in [1.165, 1.54) is 6.92 Å². The first-order chi connectivity index (χ1) is 14.5. The Hall–Kier alpha value is -3.93. The molecule has 6 heteroatoms. The molecule has 6 nitrogen and oxygen atoms in total. The van der Waals surface area contributed by atoms with Gasteiger partial charge in [-0.15, -0.1) is 0 Å². The van der Waals surface area contributed by atoms with Crippen LogP contribution >= 0.6 is 0 Å². The van der Waals surface area contributed by atoms with Crippen molar-refractivity contribution in [1.29, 1.82) is 0 Å². The fraction of sp³-hybridized carbons (Fsp3) is 0.125. The first-order valence-electron chi connectivity index (χ1n) is 9.61. The number of Topliss-reactive ketones (excluding diaryl/α,β-unsaturated/α-hetero) is 1. The molecule has 1 N–H and O–H groups in total. The molecule has 0 spiro atoms. The minimum Gasteiger partial charge on any atom is -0.451 e. The molecule has 2 aromatic heterocycles. The van der Waals surface area contributed by atoms with Gasteiger partial charge in [0.1, 0.15) is 5.76 Å². The fourth-order valence-electron chi connectivity index (χ4n) is 3.18. The van der Waals surface area contributed by atoms with Gasteiger partial charge in [-0.05, 0) is 43.7 Å². The minimum absolute atomic E-state index is 0.00751. The summed E-state index contributed by atoms with van der Waals surface area (Å²) < 4.78 is 7.65. The second kappa shape index (κ2) is 8.21. The minimum atomic E-state index is -0.284. The maximum Gasteiger partial charge on any atom is 0.287 e. The Morgan fingerprint density at radius 3 is 2.37 bits per heavy atom. The van der Waals surface area contributed by atoms with Crippen LogP contribution in [0.25, 0.3) is 17.0 Å². The molecule has 0 saturated carbocycles. The molecule has 2 heterocycles. The van der Waals surface area contributed by atoms with Crippen molar-refractivity contribution in [3.63, 3.8) is 0 Å². The molecule has 2 aromatic carbocycles. The van der Waals surface area contributed by atoms with Gasteiger partial charge in [-0.3, -0.25) is 9.59 Å². The molecule has 0 fully saturated rings. The molecule has 4 aromatic rings. The number of carbonyl (C=O) groups excluding carboxylic acids is 2.